The Morgan fingerprint density at radius 2 is 2.18 bits per heavy atom. The van der Waals surface area contributed by atoms with Crippen LogP contribution in [0.1, 0.15) is 59.3 Å². The number of likely N-dealkylation sites (tertiary alicyclic amines) is 1. The van der Waals surface area contributed by atoms with Gasteiger partial charge in [0.05, 0.1) is 0 Å². The molecule has 2 unspecified atom stereocenters. The van der Waals surface area contributed by atoms with E-state index >= 15 is 0 Å². The summed E-state index contributed by atoms with van der Waals surface area (Å²) in [6.07, 6.45) is 6.70. The van der Waals surface area contributed by atoms with Crippen molar-refractivity contribution in [3.63, 3.8) is 0 Å². The Hall–Kier alpha value is -0.570. The largest absolute Gasteiger partial charge is 0.480 e. The van der Waals surface area contributed by atoms with E-state index in [-0.39, 0.29) is 0 Å². The maximum absolute atomic E-state index is 11.4. The summed E-state index contributed by atoms with van der Waals surface area (Å²) < 4.78 is 0. The van der Waals surface area contributed by atoms with Crippen molar-refractivity contribution in [3.8, 4) is 0 Å². The molecule has 0 aliphatic carbocycles. The van der Waals surface area contributed by atoms with Crippen LogP contribution in [0.25, 0.3) is 0 Å². The molecule has 1 rings (SSSR count). The monoisotopic (exact) mass is 241 g/mol. The number of unbranched alkanes of at least 4 members (excludes halogenated alkanes) is 1. The summed E-state index contributed by atoms with van der Waals surface area (Å²) in [5.74, 6) is 0.00655. The van der Waals surface area contributed by atoms with Crippen molar-refractivity contribution < 1.29 is 9.90 Å². The molecule has 0 spiro atoms. The zero-order valence-corrected chi connectivity index (χ0v) is 11.5. The van der Waals surface area contributed by atoms with Crippen LogP contribution in [-0.2, 0) is 4.79 Å². The Morgan fingerprint density at radius 1 is 1.47 bits per heavy atom. The van der Waals surface area contributed by atoms with E-state index in [9.17, 15) is 9.90 Å². The lowest BCUT2D eigenvalue weighted by Crippen LogP contribution is -2.49. The lowest BCUT2D eigenvalue weighted by Gasteiger charge is -2.33. The third kappa shape index (κ3) is 3.44. The van der Waals surface area contributed by atoms with E-state index in [2.05, 4.69) is 18.7 Å². The Kier molecular flexibility index (Phi) is 5.44. The average molecular weight is 241 g/mol. The third-order valence-electron chi connectivity index (χ3n) is 4.27. The van der Waals surface area contributed by atoms with Crippen LogP contribution in [0.4, 0.5) is 0 Å². The van der Waals surface area contributed by atoms with Crippen molar-refractivity contribution >= 4 is 5.97 Å². The van der Waals surface area contributed by atoms with E-state index < -0.39 is 11.5 Å². The number of hydrogen-bond donors (Lipinski definition) is 1. The number of carbonyl (C=O) groups is 1. The van der Waals surface area contributed by atoms with Gasteiger partial charge in [-0.3, -0.25) is 9.69 Å². The smallest absolute Gasteiger partial charge is 0.323 e. The quantitative estimate of drug-likeness (QED) is 0.744. The van der Waals surface area contributed by atoms with Gasteiger partial charge in [0.15, 0.2) is 0 Å². The van der Waals surface area contributed by atoms with Gasteiger partial charge < -0.3 is 5.11 Å². The van der Waals surface area contributed by atoms with Crippen LogP contribution >= 0.6 is 0 Å². The van der Waals surface area contributed by atoms with Gasteiger partial charge >= 0.3 is 5.97 Å². The molecule has 17 heavy (non-hydrogen) atoms. The Bertz CT molecular complexity index is 255. The molecule has 1 aliphatic heterocycles. The van der Waals surface area contributed by atoms with E-state index in [0.717, 1.165) is 32.4 Å². The van der Waals surface area contributed by atoms with Crippen LogP contribution in [0, 0.1) is 5.92 Å². The second-order valence-electron chi connectivity index (χ2n) is 5.55. The molecule has 0 amide bonds. The molecule has 0 aromatic rings. The summed E-state index contributed by atoms with van der Waals surface area (Å²) >= 11 is 0. The Balaban J connectivity index is 2.56. The fraction of sp³-hybridized carbons (Fsp3) is 0.929. The zero-order chi connectivity index (χ0) is 12.9. The summed E-state index contributed by atoms with van der Waals surface area (Å²) in [6, 6.07) is 0. The molecule has 100 valence electrons. The molecule has 3 heteroatoms. The minimum absolute atomic E-state index is 0.611. The second-order valence-corrected chi connectivity index (χ2v) is 5.55. The van der Waals surface area contributed by atoms with Gasteiger partial charge in [-0.1, -0.05) is 33.1 Å². The maximum Gasteiger partial charge on any atom is 0.323 e. The van der Waals surface area contributed by atoms with Crippen LogP contribution in [-0.4, -0.2) is 34.6 Å². The number of aliphatic carboxylic acids is 1. The van der Waals surface area contributed by atoms with Gasteiger partial charge in [0, 0.05) is 6.54 Å². The van der Waals surface area contributed by atoms with Gasteiger partial charge in [-0.2, -0.15) is 0 Å². The Labute approximate surface area is 105 Å². The minimum atomic E-state index is -0.652. The van der Waals surface area contributed by atoms with Gasteiger partial charge in [-0.05, 0) is 38.6 Å². The molecule has 0 saturated carbocycles. The molecule has 2 atom stereocenters. The molecular weight excluding hydrogens is 214 g/mol. The predicted octanol–water partition coefficient (Wildman–Crippen LogP) is 3.14. The molecule has 1 aliphatic rings. The van der Waals surface area contributed by atoms with Crippen molar-refractivity contribution in [2.24, 2.45) is 5.92 Å². The molecule has 1 saturated heterocycles. The molecule has 0 bridgehead atoms. The first-order valence-electron chi connectivity index (χ1n) is 7.03. The molecule has 1 N–H and O–H groups in total. The first-order valence-corrected chi connectivity index (χ1v) is 7.03. The van der Waals surface area contributed by atoms with Crippen molar-refractivity contribution in [1.82, 2.24) is 4.90 Å². The number of carboxylic acid groups (broad SMARTS) is 1. The molecule has 1 fully saturated rings. The highest BCUT2D eigenvalue weighted by Crippen LogP contribution is 2.31. The first-order chi connectivity index (χ1) is 8.04. The highest BCUT2D eigenvalue weighted by molar-refractivity contribution is 5.78. The highest BCUT2D eigenvalue weighted by Gasteiger charge is 2.43. The average Bonchev–Trinajstić information content (AvgIpc) is 2.67. The predicted molar refractivity (Wildman–Crippen MR) is 70.2 cm³/mol. The molecule has 0 aromatic carbocycles. The van der Waals surface area contributed by atoms with Gasteiger partial charge in [0.1, 0.15) is 5.54 Å². The minimum Gasteiger partial charge on any atom is -0.480 e. The van der Waals surface area contributed by atoms with Crippen LogP contribution in [0.15, 0.2) is 0 Å². The lowest BCUT2D eigenvalue weighted by molar-refractivity contribution is -0.149. The highest BCUT2D eigenvalue weighted by atomic mass is 16.4. The van der Waals surface area contributed by atoms with Crippen molar-refractivity contribution in [1.29, 1.82) is 0 Å². The van der Waals surface area contributed by atoms with E-state index in [1.54, 1.807) is 0 Å². The SMILES string of the molecule is CCCCC(CC)CN1CCCC1(C)C(=O)O. The number of carboxylic acids is 1. The molecule has 3 nitrogen and oxygen atoms in total. The van der Waals surface area contributed by atoms with Crippen LogP contribution in [0.3, 0.4) is 0 Å². The summed E-state index contributed by atoms with van der Waals surface area (Å²) in [7, 11) is 0. The maximum atomic E-state index is 11.4. The lowest BCUT2D eigenvalue weighted by atomic mass is 9.94. The summed E-state index contributed by atoms with van der Waals surface area (Å²) in [5.41, 5.74) is -0.611. The van der Waals surface area contributed by atoms with E-state index in [1.165, 1.54) is 19.3 Å². The molecule has 0 radical (unpaired) electrons. The molecule has 0 aromatic heterocycles. The second kappa shape index (κ2) is 6.39. The van der Waals surface area contributed by atoms with E-state index in [4.69, 9.17) is 0 Å². The third-order valence-corrected chi connectivity index (χ3v) is 4.27. The summed E-state index contributed by atoms with van der Waals surface area (Å²) in [5, 5.41) is 9.36. The standard InChI is InChI=1S/C14H27NO2/c1-4-6-8-12(5-2)11-15-10-7-9-14(15,3)13(16)17/h12H,4-11H2,1-3H3,(H,16,17). The van der Waals surface area contributed by atoms with Crippen molar-refractivity contribution in [3.05, 3.63) is 0 Å². The first kappa shape index (κ1) is 14.5. The van der Waals surface area contributed by atoms with E-state index in [0.29, 0.717) is 5.92 Å². The molecular formula is C14H27NO2. The summed E-state index contributed by atoms with van der Waals surface area (Å²) in [4.78, 5) is 13.6. The van der Waals surface area contributed by atoms with E-state index in [1.807, 2.05) is 6.92 Å². The van der Waals surface area contributed by atoms with Gasteiger partial charge in [0.2, 0.25) is 0 Å². The van der Waals surface area contributed by atoms with Gasteiger partial charge in [-0.15, -0.1) is 0 Å². The zero-order valence-electron chi connectivity index (χ0n) is 11.5. The van der Waals surface area contributed by atoms with Crippen molar-refractivity contribution in [2.45, 2.75) is 64.8 Å². The summed E-state index contributed by atoms with van der Waals surface area (Å²) in [6.45, 7) is 8.22. The van der Waals surface area contributed by atoms with Gasteiger partial charge in [-0.25, -0.2) is 0 Å². The number of hydrogen-bond acceptors (Lipinski definition) is 2. The topological polar surface area (TPSA) is 40.5 Å². The van der Waals surface area contributed by atoms with Gasteiger partial charge in [0.25, 0.3) is 0 Å². The fourth-order valence-corrected chi connectivity index (χ4v) is 2.78. The van der Waals surface area contributed by atoms with Crippen molar-refractivity contribution in [2.75, 3.05) is 13.1 Å². The van der Waals surface area contributed by atoms with Crippen LogP contribution in [0.5, 0.6) is 0 Å². The number of nitrogens with zero attached hydrogens (tertiary/aromatic N) is 1. The molecule has 1 heterocycles. The van der Waals surface area contributed by atoms with Crippen LogP contribution < -0.4 is 0 Å². The normalized spacial score (nSPS) is 27.2. The fourth-order valence-electron chi connectivity index (χ4n) is 2.78. The van der Waals surface area contributed by atoms with Crippen LogP contribution in [0.2, 0.25) is 0 Å². The Morgan fingerprint density at radius 3 is 2.71 bits per heavy atom. The number of rotatable bonds is 7.